The second-order valence-electron chi connectivity index (χ2n) is 5.48. The van der Waals surface area contributed by atoms with Crippen molar-refractivity contribution in [1.82, 2.24) is 19.8 Å². The monoisotopic (exact) mass is 274 g/mol. The second-order valence-corrected chi connectivity index (χ2v) is 5.48. The van der Waals surface area contributed by atoms with Gasteiger partial charge in [-0.25, -0.2) is 4.68 Å². The lowest BCUT2D eigenvalue weighted by Crippen LogP contribution is -2.48. The van der Waals surface area contributed by atoms with E-state index in [1.807, 2.05) is 19.9 Å². The molecule has 0 atom stereocenters. The second kappa shape index (κ2) is 5.20. The van der Waals surface area contributed by atoms with Crippen molar-refractivity contribution >= 4 is 0 Å². The van der Waals surface area contributed by atoms with E-state index in [1.165, 1.54) is 0 Å². The van der Waals surface area contributed by atoms with Crippen molar-refractivity contribution < 1.29 is 4.52 Å². The van der Waals surface area contributed by atoms with Gasteiger partial charge in [-0.05, 0) is 19.9 Å². The summed E-state index contributed by atoms with van der Waals surface area (Å²) in [7, 11) is 0. The number of nitrogens with zero attached hydrogens (tertiary/aromatic N) is 4. The maximum Gasteiger partial charge on any atom is 0.266 e. The zero-order valence-corrected chi connectivity index (χ0v) is 11.7. The average molecular weight is 274 g/mol. The molecule has 0 radical (unpaired) electrons. The van der Waals surface area contributed by atoms with Crippen LogP contribution in [0.25, 0.3) is 0 Å². The fourth-order valence-corrected chi connectivity index (χ4v) is 2.57. The molecule has 1 aliphatic heterocycles. The van der Waals surface area contributed by atoms with Crippen molar-refractivity contribution in [2.24, 2.45) is 5.92 Å². The minimum atomic E-state index is -0.0267. The highest BCUT2D eigenvalue weighted by molar-refractivity contribution is 5.04. The van der Waals surface area contributed by atoms with Crippen LogP contribution in [0.4, 0.5) is 0 Å². The number of likely N-dealkylation sites (tertiary alicyclic amines) is 1. The van der Waals surface area contributed by atoms with Gasteiger partial charge in [0.15, 0.2) is 0 Å². The molecular weight excluding hydrogens is 256 g/mol. The zero-order chi connectivity index (χ0) is 14.1. The van der Waals surface area contributed by atoms with Crippen LogP contribution in [0.1, 0.15) is 17.1 Å². The number of aromatic nitrogens is 3. The fourth-order valence-electron chi connectivity index (χ4n) is 2.57. The van der Waals surface area contributed by atoms with Crippen LogP contribution in [0.15, 0.2) is 27.5 Å². The molecule has 0 N–H and O–H groups in total. The lowest BCUT2D eigenvalue weighted by Gasteiger charge is -2.38. The fraction of sp³-hybridized carbons (Fsp3) is 0.500. The SMILES string of the molecule is Cc1ccc(=O)n(CC2CN(Cc3cc(C)on3)C2)n1. The molecule has 0 spiro atoms. The molecule has 20 heavy (non-hydrogen) atoms. The van der Waals surface area contributed by atoms with Gasteiger partial charge in [-0.1, -0.05) is 5.16 Å². The third-order valence-corrected chi connectivity index (χ3v) is 3.53. The highest BCUT2D eigenvalue weighted by Gasteiger charge is 2.28. The molecule has 0 saturated carbocycles. The summed E-state index contributed by atoms with van der Waals surface area (Å²) in [6.45, 7) is 7.22. The van der Waals surface area contributed by atoms with Crippen LogP contribution in [-0.2, 0) is 13.1 Å². The summed E-state index contributed by atoms with van der Waals surface area (Å²) in [4.78, 5) is 14.0. The first-order chi connectivity index (χ1) is 9.60. The minimum Gasteiger partial charge on any atom is -0.361 e. The molecule has 3 rings (SSSR count). The molecule has 1 fully saturated rings. The molecule has 0 unspecified atom stereocenters. The van der Waals surface area contributed by atoms with Crippen molar-refractivity contribution in [3.63, 3.8) is 0 Å². The highest BCUT2D eigenvalue weighted by atomic mass is 16.5. The Morgan fingerprint density at radius 2 is 2.15 bits per heavy atom. The molecule has 0 aliphatic carbocycles. The van der Waals surface area contributed by atoms with Crippen LogP contribution in [0, 0.1) is 19.8 Å². The van der Waals surface area contributed by atoms with Crippen LogP contribution in [-0.4, -0.2) is 32.9 Å². The van der Waals surface area contributed by atoms with Crippen molar-refractivity contribution in [3.05, 3.63) is 45.7 Å². The van der Waals surface area contributed by atoms with E-state index < -0.39 is 0 Å². The van der Waals surface area contributed by atoms with E-state index in [1.54, 1.807) is 16.8 Å². The maximum atomic E-state index is 11.7. The van der Waals surface area contributed by atoms with Gasteiger partial charge in [0.1, 0.15) is 5.76 Å². The smallest absolute Gasteiger partial charge is 0.266 e. The Balaban J connectivity index is 1.53. The predicted molar refractivity (Wildman–Crippen MR) is 73.2 cm³/mol. The summed E-state index contributed by atoms with van der Waals surface area (Å²) in [6, 6.07) is 5.29. The Kier molecular flexibility index (Phi) is 3.40. The van der Waals surface area contributed by atoms with E-state index >= 15 is 0 Å². The zero-order valence-electron chi connectivity index (χ0n) is 11.7. The lowest BCUT2D eigenvalue weighted by molar-refractivity contribution is 0.0742. The van der Waals surface area contributed by atoms with Crippen molar-refractivity contribution in [2.45, 2.75) is 26.9 Å². The summed E-state index contributed by atoms with van der Waals surface area (Å²) < 4.78 is 6.62. The number of rotatable bonds is 4. The molecule has 0 amide bonds. The standard InChI is InChI=1S/C14H18N4O2/c1-10-3-4-14(19)18(15-10)8-12-6-17(7-12)9-13-5-11(2)20-16-13/h3-5,12H,6-9H2,1-2H3. The molecule has 1 saturated heterocycles. The van der Waals surface area contributed by atoms with E-state index in [-0.39, 0.29) is 5.56 Å². The van der Waals surface area contributed by atoms with E-state index in [2.05, 4.69) is 15.2 Å². The van der Waals surface area contributed by atoms with E-state index in [4.69, 9.17) is 4.52 Å². The molecule has 2 aromatic rings. The largest absolute Gasteiger partial charge is 0.361 e. The van der Waals surface area contributed by atoms with E-state index in [9.17, 15) is 4.79 Å². The molecule has 3 heterocycles. The van der Waals surface area contributed by atoms with Crippen molar-refractivity contribution in [2.75, 3.05) is 13.1 Å². The third-order valence-electron chi connectivity index (χ3n) is 3.53. The number of hydrogen-bond acceptors (Lipinski definition) is 5. The van der Waals surface area contributed by atoms with Crippen LogP contribution < -0.4 is 5.56 Å². The van der Waals surface area contributed by atoms with Gasteiger partial charge in [-0.2, -0.15) is 5.10 Å². The van der Waals surface area contributed by atoms with Gasteiger partial charge in [-0.15, -0.1) is 0 Å². The predicted octanol–water partition coefficient (Wildman–Crippen LogP) is 0.980. The molecule has 6 nitrogen and oxygen atoms in total. The van der Waals surface area contributed by atoms with Gasteiger partial charge in [0.2, 0.25) is 0 Å². The van der Waals surface area contributed by atoms with Crippen molar-refractivity contribution in [1.29, 1.82) is 0 Å². The normalized spacial score (nSPS) is 16.3. The first-order valence-electron chi connectivity index (χ1n) is 6.79. The molecule has 1 aliphatic rings. The van der Waals surface area contributed by atoms with E-state index in [0.29, 0.717) is 12.5 Å². The van der Waals surface area contributed by atoms with Gasteiger partial charge in [0.25, 0.3) is 5.56 Å². The summed E-state index contributed by atoms with van der Waals surface area (Å²) in [5, 5.41) is 8.25. The Labute approximate surface area is 117 Å². The lowest BCUT2D eigenvalue weighted by atomic mass is 10.00. The summed E-state index contributed by atoms with van der Waals surface area (Å²) in [6.07, 6.45) is 0. The Morgan fingerprint density at radius 3 is 2.85 bits per heavy atom. The Bertz CT molecular complexity index is 655. The van der Waals surface area contributed by atoms with Gasteiger partial charge < -0.3 is 4.52 Å². The number of aryl methyl sites for hydroxylation is 2. The first kappa shape index (κ1) is 13.1. The summed E-state index contributed by atoms with van der Waals surface area (Å²) in [5.41, 5.74) is 1.81. The molecule has 6 heteroatoms. The quantitative estimate of drug-likeness (QED) is 0.831. The van der Waals surface area contributed by atoms with Crippen molar-refractivity contribution in [3.8, 4) is 0 Å². The summed E-state index contributed by atoms with van der Waals surface area (Å²) in [5.74, 6) is 1.32. The minimum absolute atomic E-state index is 0.0267. The Hall–Kier alpha value is -1.95. The molecule has 0 aromatic carbocycles. The Morgan fingerprint density at radius 1 is 1.35 bits per heavy atom. The van der Waals surface area contributed by atoms with Crippen LogP contribution in [0.2, 0.25) is 0 Å². The van der Waals surface area contributed by atoms with E-state index in [0.717, 1.165) is 36.8 Å². The van der Waals surface area contributed by atoms with Gasteiger partial charge in [0, 0.05) is 37.7 Å². The molecule has 2 aromatic heterocycles. The maximum absolute atomic E-state index is 11.7. The van der Waals surface area contributed by atoms with Gasteiger partial charge in [-0.3, -0.25) is 9.69 Å². The van der Waals surface area contributed by atoms with Crippen LogP contribution in [0.3, 0.4) is 0 Å². The molecular formula is C14H18N4O2. The molecule has 106 valence electrons. The van der Waals surface area contributed by atoms with Gasteiger partial charge in [0.05, 0.1) is 17.9 Å². The van der Waals surface area contributed by atoms with Crippen LogP contribution in [0.5, 0.6) is 0 Å². The van der Waals surface area contributed by atoms with Crippen LogP contribution >= 0.6 is 0 Å². The third kappa shape index (κ3) is 2.80. The number of hydrogen-bond donors (Lipinski definition) is 0. The first-order valence-corrected chi connectivity index (χ1v) is 6.79. The highest BCUT2D eigenvalue weighted by Crippen LogP contribution is 2.19. The average Bonchev–Trinajstić information content (AvgIpc) is 2.76. The summed E-state index contributed by atoms with van der Waals surface area (Å²) >= 11 is 0. The topological polar surface area (TPSA) is 64.2 Å². The van der Waals surface area contributed by atoms with Gasteiger partial charge >= 0.3 is 0 Å². The molecule has 0 bridgehead atoms.